The molecule has 0 saturated heterocycles. The maximum absolute atomic E-state index is 13.2. The molecule has 0 radical (unpaired) electrons. The SMILES string of the molecule is CCC(N)(C#Cc1cc(Cl)cc2c1OC(C(F)(F)F)C(C(=O)O)=C2)CC.Cl. The van der Waals surface area contributed by atoms with E-state index in [-0.39, 0.29) is 34.3 Å². The molecule has 9 heteroatoms. The standard InChI is InChI=1S/C18H17ClF3NO3.ClH/c1-3-17(23,4-2)6-5-10-7-12(19)8-11-9-13(16(24)25)15(18(20,21)22)26-14(10)11;/h7-9,15H,3-4,23H2,1-2H3,(H,24,25);1H. The Hall–Kier alpha value is -1.88. The first-order valence-corrected chi connectivity index (χ1v) is 8.22. The van der Waals surface area contributed by atoms with Crippen LogP contribution in [-0.2, 0) is 4.79 Å². The number of benzene rings is 1. The first-order valence-electron chi connectivity index (χ1n) is 7.84. The van der Waals surface area contributed by atoms with Gasteiger partial charge < -0.3 is 15.6 Å². The molecule has 27 heavy (non-hydrogen) atoms. The van der Waals surface area contributed by atoms with Gasteiger partial charge in [0.05, 0.1) is 16.7 Å². The Labute approximate surface area is 165 Å². The zero-order valence-corrected chi connectivity index (χ0v) is 16.1. The molecule has 2 rings (SSSR count). The van der Waals surface area contributed by atoms with Crippen molar-refractivity contribution in [2.45, 2.75) is 44.5 Å². The second-order valence-corrected chi connectivity index (χ2v) is 6.37. The second-order valence-electron chi connectivity index (χ2n) is 5.93. The van der Waals surface area contributed by atoms with E-state index in [9.17, 15) is 18.0 Å². The topological polar surface area (TPSA) is 72.5 Å². The minimum absolute atomic E-state index is 0. The summed E-state index contributed by atoms with van der Waals surface area (Å²) in [5, 5.41) is 9.28. The summed E-state index contributed by atoms with van der Waals surface area (Å²) >= 11 is 6.00. The van der Waals surface area contributed by atoms with Crippen molar-refractivity contribution in [3.63, 3.8) is 0 Å². The molecular formula is C18H18Cl2F3NO3. The molecule has 1 aromatic carbocycles. The van der Waals surface area contributed by atoms with E-state index >= 15 is 0 Å². The van der Waals surface area contributed by atoms with Gasteiger partial charge in [0.15, 0.2) is 0 Å². The van der Waals surface area contributed by atoms with Gasteiger partial charge in [-0.2, -0.15) is 13.2 Å². The predicted octanol–water partition coefficient (Wildman–Crippen LogP) is 4.42. The highest BCUT2D eigenvalue weighted by Crippen LogP contribution is 2.40. The van der Waals surface area contributed by atoms with Crippen LogP contribution in [0.1, 0.15) is 37.8 Å². The fourth-order valence-corrected chi connectivity index (χ4v) is 2.63. The van der Waals surface area contributed by atoms with E-state index in [0.29, 0.717) is 12.8 Å². The minimum atomic E-state index is -4.89. The van der Waals surface area contributed by atoms with Crippen molar-refractivity contribution in [2.75, 3.05) is 0 Å². The predicted molar refractivity (Wildman–Crippen MR) is 99.2 cm³/mol. The minimum Gasteiger partial charge on any atom is -0.478 e. The smallest absolute Gasteiger partial charge is 0.430 e. The zero-order chi connectivity index (χ0) is 19.7. The maximum Gasteiger partial charge on any atom is 0.430 e. The summed E-state index contributed by atoms with van der Waals surface area (Å²) in [5.41, 5.74) is 4.63. The number of hydrogen-bond acceptors (Lipinski definition) is 3. The normalized spacial score (nSPS) is 16.1. The van der Waals surface area contributed by atoms with Crippen LogP contribution >= 0.6 is 24.0 Å². The van der Waals surface area contributed by atoms with E-state index in [1.54, 1.807) is 0 Å². The van der Waals surface area contributed by atoms with Crippen LogP contribution in [0.4, 0.5) is 13.2 Å². The van der Waals surface area contributed by atoms with Crippen LogP contribution in [-0.4, -0.2) is 28.9 Å². The quantitative estimate of drug-likeness (QED) is 0.705. The monoisotopic (exact) mass is 423 g/mol. The first kappa shape index (κ1) is 23.2. The van der Waals surface area contributed by atoms with Gasteiger partial charge in [0, 0.05) is 10.6 Å². The zero-order valence-electron chi connectivity index (χ0n) is 14.5. The van der Waals surface area contributed by atoms with E-state index in [1.807, 2.05) is 13.8 Å². The average Bonchev–Trinajstić information content (AvgIpc) is 2.57. The highest BCUT2D eigenvalue weighted by molar-refractivity contribution is 6.31. The summed E-state index contributed by atoms with van der Waals surface area (Å²) in [6.45, 7) is 3.70. The number of carbonyl (C=O) groups is 1. The van der Waals surface area contributed by atoms with Crippen LogP contribution < -0.4 is 10.5 Å². The van der Waals surface area contributed by atoms with Crippen LogP contribution in [0.5, 0.6) is 5.75 Å². The molecule has 1 heterocycles. The molecule has 3 N–H and O–H groups in total. The maximum atomic E-state index is 13.2. The molecule has 0 bridgehead atoms. The number of hydrogen-bond donors (Lipinski definition) is 2. The lowest BCUT2D eigenvalue weighted by Crippen LogP contribution is -2.40. The summed E-state index contributed by atoms with van der Waals surface area (Å²) in [5.74, 6) is 3.71. The van der Waals surface area contributed by atoms with Gasteiger partial charge in [-0.3, -0.25) is 0 Å². The van der Waals surface area contributed by atoms with Crippen molar-refractivity contribution in [1.29, 1.82) is 0 Å². The van der Waals surface area contributed by atoms with Crippen molar-refractivity contribution in [3.8, 4) is 17.6 Å². The molecule has 1 unspecified atom stereocenters. The fourth-order valence-electron chi connectivity index (χ4n) is 2.41. The number of halogens is 5. The van der Waals surface area contributed by atoms with Crippen molar-refractivity contribution < 1.29 is 27.8 Å². The molecular weight excluding hydrogens is 406 g/mol. The van der Waals surface area contributed by atoms with Gasteiger partial charge in [0.1, 0.15) is 5.75 Å². The Balaban J connectivity index is 0.00000364. The number of alkyl halides is 3. The van der Waals surface area contributed by atoms with Gasteiger partial charge in [-0.05, 0) is 31.1 Å². The molecule has 1 atom stereocenters. The van der Waals surface area contributed by atoms with Gasteiger partial charge in [0.2, 0.25) is 6.10 Å². The highest BCUT2D eigenvalue weighted by atomic mass is 35.5. The summed E-state index contributed by atoms with van der Waals surface area (Å²) in [7, 11) is 0. The summed E-state index contributed by atoms with van der Waals surface area (Å²) in [6, 6.07) is 2.69. The third-order valence-corrected chi connectivity index (χ3v) is 4.38. The van der Waals surface area contributed by atoms with E-state index in [1.165, 1.54) is 12.1 Å². The Morgan fingerprint density at radius 1 is 1.33 bits per heavy atom. The summed E-state index contributed by atoms with van der Waals surface area (Å²) in [6.07, 6.45) is -5.47. The number of ether oxygens (including phenoxy) is 1. The molecule has 0 aromatic heterocycles. The van der Waals surface area contributed by atoms with Crippen molar-refractivity contribution >= 4 is 36.1 Å². The molecule has 0 spiro atoms. The third-order valence-electron chi connectivity index (χ3n) is 4.16. The van der Waals surface area contributed by atoms with Gasteiger partial charge in [-0.25, -0.2) is 4.79 Å². The number of carboxylic acid groups (broad SMARTS) is 1. The third kappa shape index (κ3) is 5.10. The first-order chi connectivity index (χ1) is 12.0. The van der Waals surface area contributed by atoms with Crippen LogP contribution in [0.2, 0.25) is 5.02 Å². The number of nitrogens with two attached hydrogens (primary N) is 1. The molecule has 0 fully saturated rings. The van der Waals surface area contributed by atoms with Crippen LogP contribution in [0.3, 0.4) is 0 Å². The molecule has 148 valence electrons. The number of fused-ring (bicyclic) bond motifs is 1. The Morgan fingerprint density at radius 3 is 2.41 bits per heavy atom. The molecule has 0 aliphatic carbocycles. The van der Waals surface area contributed by atoms with E-state index in [2.05, 4.69) is 11.8 Å². The van der Waals surface area contributed by atoms with Crippen molar-refractivity contribution in [3.05, 3.63) is 33.9 Å². The van der Waals surface area contributed by atoms with Gasteiger partial charge in [-0.15, -0.1) is 12.4 Å². The van der Waals surface area contributed by atoms with Gasteiger partial charge >= 0.3 is 12.1 Å². The molecule has 0 saturated carbocycles. The lowest BCUT2D eigenvalue weighted by Gasteiger charge is -2.28. The molecule has 1 aromatic rings. The lowest BCUT2D eigenvalue weighted by molar-refractivity contribution is -0.187. The molecule has 0 amide bonds. The largest absolute Gasteiger partial charge is 0.478 e. The van der Waals surface area contributed by atoms with Crippen LogP contribution in [0.15, 0.2) is 17.7 Å². The number of carboxylic acids is 1. The summed E-state index contributed by atoms with van der Waals surface area (Å²) < 4.78 is 44.7. The second kappa shape index (κ2) is 8.42. The lowest BCUT2D eigenvalue weighted by atomic mass is 9.94. The van der Waals surface area contributed by atoms with Crippen molar-refractivity contribution in [2.24, 2.45) is 5.73 Å². The Bertz CT molecular complexity index is 822. The Morgan fingerprint density at radius 2 is 1.93 bits per heavy atom. The van der Waals surface area contributed by atoms with E-state index in [4.69, 9.17) is 27.2 Å². The van der Waals surface area contributed by atoms with Crippen molar-refractivity contribution in [1.82, 2.24) is 0 Å². The average molecular weight is 424 g/mol. The summed E-state index contributed by atoms with van der Waals surface area (Å²) in [4.78, 5) is 11.2. The number of aliphatic carboxylic acids is 1. The Kier molecular flexibility index (Phi) is 7.23. The van der Waals surface area contributed by atoms with Gasteiger partial charge in [0.25, 0.3) is 0 Å². The van der Waals surface area contributed by atoms with Gasteiger partial charge in [-0.1, -0.05) is 37.3 Å². The molecule has 1 aliphatic heterocycles. The fraction of sp³-hybridized carbons (Fsp3) is 0.389. The molecule has 1 aliphatic rings. The van der Waals surface area contributed by atoms with Crippen LogP contribution in [0.25, 0.3) is 6.08 Å². The molecule has 4 nitrogen and oxygen atoms in total. The number of rotatable bonds is 3. The highest BCUT2D eigenvalue weighted by Gasteiger charge is 2.48. The van der Waals surface area contributed by atoms with E-state index < -0.39 is 29.4 Å². The van der Waals surface area contributed by atoms with Crippen LogP contribution in [0, 0.1) is 11.8 Å². The van der Waals surface area contributed by atoms with E-state index in [0.717, 1.165) is 6.08 Å².